The van der Waals surface area contributed by atoms with Crippen LogP contribution in [0, 0.1) is 5.92 Å². The van der Waals surface area contributed by atoms with Crippen molar-refractivity contribution in [1.82, 2.24) is 10.6 Å². The number of nitrogens with one attached hydrogen (secondary N) is 2. The molecule has 1 saturated heterocycles. The molecule has 2 rings (SSSR count). The van der Waals surface area contributed by atoms with Crippen LogP contribution in [0.5, 0.6) is 0 Å². The molecule has 5 nitrogen and oxygen atoms in total. The van der Waals surface area contributed by atoms with Crippen molar-refractivity contribution in [3.05, 3.63) is 0 Å². The Balaban J connectivity index is 1.79. The molecular weight excluding hydrogens is 242 g/mol. The maximum atomic E-state index is 10.3. The van der Waals surface area contributed by atoms with Crippen molar-refractivity contribution < 1.29 is 9.84 Å². The van der Waals surface area contributed by atoms with Crippen LogP contribution in [0.1, 0.15) is 39.0 Å². The van der Waals surface area contributed by atoms with Gasteiger partial charge in [-0.15, -0.1) is 0 Å². The first kappa shape index (κ1) is 14.6. The molecule has 0 aromatic carbocycles. The summed E-state index contributed by atoms with van der Waals surface area (Å²) < 4.78 is 5.37. The lowest BCUT2D eigenvalue weighted by molar-refractivity contribution is 0.0574. The van der Waals surface area contributed by atoms with E-state index in [-0.39, 0.29) is 0 Å². The van der Waals surface area contributed by atoms with Gasteiger partial charge in [0.1, 0.15) is 0 Å². The monoisotopic (exact) mass is 269 g/mol. The lowest BCUT2D eigenvalue weighted by Gasteiger charge is -2.21. The standard InChI is InChI=1S/C14H27N3O2/c1-2-15-13(16-9-12-5-8-19-10-12)17-11-14(18)6-3-4-7-14/h12,18H,2-11H2,1H3,(H2,15,16,17). The summed E-state index contributed by atoms with van der Waals surface area (Å²) in [4.78, 5) is 4.53. The molecule has 2 aliphatic rings. The molecule has 3 N–H and O–H groups in total. The maximum absolute atomic E-state index is 10.3. The van der Waals surface area contributed by atoms with Gasteiger partial charge in [-0.3, -0.25) is 4.99 Å². The van der Waals surface area contributed by atoms with Gasteiger partial charge in [-0.05, 0) is 26.2 Å². The van der Waals surface area contributed by atoms with Crippen LogP contribution in [0.2, 0.25) is 0 Å². The number of nitrogens with zero attached hydrogens (tertiary/aromatic N) is 1. The minimum atomic E-state index is -0.571. The van der Waals surface area contributed by atoms with Crippen LogP contribution in [0.15, 0.2) is 4.99 Å². The molecule has 2 fully saturated rings. The van der Waals surface area contributed by atoms with Crippen LogP contribution in [0.25, 0.3) is 0 Å². The average Bonchev–Trinajstić information content (AvgIpc) is 3.05. The van der Waals surface area contributed by atoms with E-state index in [0.717, 1.165) is 64.4 Å². The topological polar surface area (TPSA) is 65.9 Å². The number of ether oxygens (including phenoxy) is 1. The molecule has 1 unspecified atom stereocenters. The van der Waals surface area contributed by atoms with Crippen molar-refractivity contribution in [2.45, 2.75) is 44.6 Å². The summed E-state index contributed by atoms with van der Waals surface area (Å²) in [5.74, 6) is 1.40. The van der Waals surface area contributed by atoms with Crippen molar-refractivity contribution in [2.24, 2.45) is 10.9 Å². The van der Waals surface area contributed by atoms with Crippen LogP contribution in [0.4, 0.5) is 0 Å². The van der Waals surface area contributed by atoms with E-state index < -0.39 is 5.60 Å². The quantitative estimate of drug-likeness (QED) is 0.512. The molecule has 1 aliphatic carbocycles. The Morgan fingerprint density at radius 2 is 2.16 bits per heavy atom. The fourth-order valence-corrected chi connectivity index (χ4v) is 2.74. The Labute approximate surface area is 115 Å². The molecule has 19 heavy (non-hydrogen) atoms. The van der Waals surface area contributed by atoms with Crippen molar-refractivity contribution in [1.29, 1.82) is 0 Å². The van der Waals surface area contributed by atoms with E-state index in [1.54, 1.807) is 0 Å². The predicted molar refractivity (Wildman–Crippen MR) is 76.3 cm³/mol. The van der Waals surface area contributed by atoms with Gasteiger partial charge in [-0.25, -0.2) is 0 Å². The third kappa shape index (κ3) is 4.66. The Morgan fingerprint density at radius 1 is 1.37 bits per heavy atom. The third-order valence-corrected chi connectivity index (χ3v) is 3.99. The number of hydrogen-bond acceptors (Lipinski definition) is 3. The largest absolute Gasteiger partial charge is 0.388 e. The zero-order valence-electron chi connectivity index (χ0n) is 12.0. The summed E-state index contributed by atoms with van der Waals surface area (Å²) in [6, 6.07) is 0. The van der Waals surface area contributed by atoms with Gasteiger partial charge in [0, 0.05) is 25.6 Å². The highest BCUT2D eigenvalue weighted by molar-refractivity contribution is 5.79. The van der Waals surface area contributed by atoms with Crippen LogP contribution < -0.4 is 10.6 Å². The summed E-state index contributed by atoms with van der Waals surface area (Å²) in [5.41, 5.74) is -0.571. The van der Waals surface area contributed by atoms with E-state index in [0.29, 0.717) is 12.5 Å². The molecule has 0 aromatic heterocycles. The van der Waals surface area contributed by atoms with Crippen molar-refractivity contribution in [2.75, 3.05) is 32.8 Å². The molecule has 5 heteroatoms. The van der Waals surface area contributed by atoms with E-state index in [1.165, 1.54) is 0 Å². The van der Waals surface area contributed by atoms with E-state index in [1.807, 2.05) is 0 Å². The minimum absolute atomic E-state index is 0.503. The van der Waals surface area contributed by atoms with Gasteiger partial charge in [-0.1, -0.05) is 12.8 Å². The Kier molecular flexibility index (Phi) is 5.45. The first-order valence-electron chi connectivity index (χ1n) is 7.54. The highest BCUT2D eigenvalue weighted by Gasteiger charge is 2.30. The Bertz CT molecular complexity index is 295. The number of aliphatic hydroxyl groups is 1. The molecule has 0 amide bonds. The second-order valence-corrected chi connectivity index (χ2v) is 5.74. The number of hydrogen-bond donors (Lipinski definition) is 3. The van der Waals surface area contributed by atoms with E-state index in [2.05, 4.69) is 22.5 Å². The van der Waals surface area contributed by atoms with E-state index >= 15 is 0 Å². The van der Waals surface area contributed by atoms with E-state index in [9.17, 15) is 5.11 Å². The Morgan fingerprint density at radius 3 is 2.79 bits per heavy atom. The molecule has 1 saturated carbocycles. The van der Waals surface area contributed by atoms with Crippen molar-refractivity contribution in [3.8, 4) is 0 Å². The third-order valence-electron chi connectivity index (χ3n) is 3.99. The van der Waals surface area contributed by atoms with Crippen LogP contribution >= 0.6 is 0 Å². The second kappa shape index (κ2) is 7.10. The lowest BCUT2D eigenvalue weighted by Crippen LogP contribution is -2.41. The first-order chi connectivity index (χ1) is 9.22. The Hall–Kier alpha value is -0.810. The van der Waals surface area contributed by atoms with Crippen LogP contribution in [-0.4, -0.2) is 49.5 Å². The van der Waals surface area contributed by atoms with E-state index in [4.69, 9.17) is 4.74 Å². The van der Waals surface area contributed by atoms with Gasteiger partial charge in [0.2, 0.25) is 0 Å². The van der Waals surface area contributed by atoms with Gasteiger partial charge >= 0.3 is 0 Å². The van der Waals surface area contributed by atoms with Crippen LogP contribution in [0.3, 0.4) is 0 Å². The fraction of sp³-hybridized carbons (Fsp3) is 0.929. The lowest BCUT2D eigenvalue weighted by atomic mass is 10.0. The van der Waals surface area contributed by atoms with Gasteiger partial charge in [-0.2, -0.15) is 0 Å². The normalized spacial score (nSPS) is 26.6. The zero-order valence-corrected chi connectivity index (χ0v) is 12.0. The molecule has 0 radical (unpaired) electrons. The highest BCUT2D eigenvalue weighted by atomic mass is 16.5. The molecule has 1 atom stereocenters. The molecule has 0 bridgehead atoms. The fourth-order valence-electron chi connectivity index (χ4n) is 2.74. The summed E-state index contributed by atoms with van der Waals surface area (Å²) >= 11 is 0. The SMILES string of the molecule is CCNC(=NCC1(O)CCCC1)NCC1CCOC1. The van der Waals surface area contributed by atoms with Gasteiger partial charge in [0.25, 0.3) is 0 Å². The maximum Gasteiger partial charge on any atom is 0.191 e. The first-order valence-corrected chi connectivity index (χ1v) is 7.54. The zero-order chi connectivity index (χ0) is 13.6. The summed E-state index contributed by atoms with van der Waals surface area (Å²) in [6.07, 6.45) is 5.12. The molecule has 0 spiro atoms. The molecule has 1 aliphatic heterocycles. The highest BCUT2D eigenvalue weighted by Crippen LogP contribution is 2.29. The van der Waals surface area contributed by atoms with Crippen LogP contribution in [-0.2, 0) is 4.74 Å². The summed E-state index contributed by atoms with van der Waals surface area (Å²) in [5, 5.41) is 16.9. The second-order valence-electron chi connectivity index (χ2n) is 5.74. The van der Waals surface area contributed by atoms with Gasteiger partial charge < -0.3 is 20.5 Å². The molecule has 0 aromatic rings. The number of rotatable bonds is 5. The summed E-state index contributed by atoms with van der Waals surface area (Å²) in [7, 11) is 0. The number of guanidine groups is 1. The molecular formula is C14H27N3O2. The summed E-state index contributed by atoms with van der Waals surface area (Å²) in [6.45, 7) is 6.01. The average molecular weight is 269 g/mol. The van der Waals surface area contributed by atoms with Gasteiger partial charge in [0.15, 0.2) is 5.96 Å². The number of aliphatic imine (C=N–C) groups is 1. The van der Waals surface area contributed by atoms with Crippen molar-refractivity contribution in [3.63, 3.8) is 0 Å². The van der Waals surface area contributed by atoms with Crippen molar-refractivity contribution >= 4 is 5.96 Å². The molecule has 110 valence electrons. The minimum Gasteiger partial charge on any atom is -0.388 e. The molecule has 1 heterocycles. The van der Waals surface area contributed by atoms with Gasteiger partial charge in [0.05, 0.1) is 18.8 Å². The predicted octanol–water partition coefficient (Wildman–Crippen LogP) is 0.883. The smallest absolute Gasteiger partial charge is 0.191 e.